The number of carbonyl (C=O) groups is 1. The zero-order valence-electron chi connectivity index (χ0n) is 14.4. The summed E-state index contributed by atoms with van der Waals surface area (Å²) in [5.41, 5.74) is 4.87. The van der Waals surface area contributed by atoms with Gasteiger partial charge in [-0.2, -0.15) is 0 Å². The molecular formula is C20H19NO3S. The van der Waals surface area contributed by atoms with Gasteiger partial charge in [-0.05, 0) is 49.6 Å². The summed E-state index contributed by atoms with van der Waals surface area (Å²) < 4.78 is 5.86. The Morgan fingerprint density at radius 3 is 2.28 bits per heavy atom. The number of aryl methyl sites for hydroxylation is 3. The maximum absolute atomic E-state index is 11.1. The Kier molecular flexibility index (Phi) is 4.86. The van der Waals surface area contributed by atoms with E-state index in [2.05, 4.69) is 24.9 Å². The zero-order chi connectivity index (χ0) is 18.0. The van der Waals surface area contributed by atoms with Crippen molar-refractivity contribution in [2.75, 3.05) is 0 Å². The second-order valence-electron chi connectivity index (χ2n) is 6.05. The van der Waals surface area contributed by atoms with Gasteiger partial charge in [-0.15, -0.1) is 11.3 Å². The van der Waals surface area contributed by atoms with Crippen LogP contribution in [-0.4, -0.2) is 16.1 Å². The summed E-state index contributed by atoms with van der Waals surface area (Å²) in [5, 5.41) is 9.86. The van der Waals surface area contributed by atoms with Gasteiger partial charge in [0, 0.05) is 5.56 Å². The Morgan fingerprint density at radius 2 is 1.72 bits per heavy atom. The Labute approximate surface area is 150 Å². The first kappa shape index (κ1) is 17.2. The first-order chi connectivity index (χ1) is 11.9. The van der Waals surface area contributed by atoms with Crippen molar-refractivity contribution in [1.82, 2.24) is 4.98 Å². The van der Waals surface area contributed by atoms with Gasteiger partial charge in [0.05, 0.1) is 5.69 Å². The third-order valence-corrected chi connectivity index (χ3v) is 4.99. The molecule has 5 heteroatoms. The zero-order valence-corrected chi connectivity index (χ0v) is 15.2. The topological polar surface area (TPSA) is 59.4 Å². The molecule has 0 atom stereocenters. The predicted octanol–water partition coefficient (Wildman–Crippen LogP) is 5.01. The van der Waals surface area contributed by atoms with E-state index in [4.69, 9.17) is 9.84 Å². The highest BCUT2D eigenvalue weighted by molar-refractivity contribution is 7.17. The lowest BCUT2D eigenvalue weighted by molar-refractivity contribution is 0.0701. The molecule has 25 heavy (non-hydrogen) atoms. The molecule has 0 aliphatic heterocycles. The molecule has 0 aliphatic carbocycles. The van der Waals surface area contributed by atoms with Gasteiger partial charge in [0.1, 0.15) is 22.2 Å². The lowest BCUT2D eigenvalue weighted by Crippen LogP contribution is -1.96. The van der Waals surface area contributed by atoms with Gasteiger partial charge in [0.15, 0.2) is 0 Å². The first-order valence-corrected chi connectivity index (χ1v) is 8.75. The van der Waals surface area contributed by atoms with E-state index in [1.165, 1.54) is 22.5 Å². The van der Waals surface area contributed by atoms with E-state index in [0.29, 0.717) is 12.3 Å². The number of thiazole rings is 1. The van der Waals surface area contributed by atoms with E-state index in [-0.39, 0.29) is 4.88 Å². The van der Waals surface area contributed by atoms with Crippen LogP contribution >= 0.6 is 11.3 Å². The maximum Gasteiger partial charge on any atom is 0.347 e. The fourth-order valence-corrected chi connectivity index (χ4v) is 3.56. The number of ether oxygens (including phenoxy) is 1. The first-order valence-electron chi connectivity index (χ1n) is 7.93. The molecule has 1 aromatic heterocycles. The van der Waals surface area contributed by atoms with Crippen molar-refractivity contribution in [1.29, 1.82) is 0 Å². The molecule has 128 valence electrons. The van der Waals surface area contributed by atoms with Crippen LogP contribution in [0.1, 0.15) is 32.1 Å². The van der Waals surface area contributed by atoms with Gasteiger partial charge in [0.25, 0.3) is 0 Å². The number of nitrogens with zero attached hydrogens (tertiary/aromatic N) is 1. The van der Waals surface area contributed by atoms with Crippen LogP contribution < -0.4 is 4.74 Å². The summed E-state index contributed by atoms with van der Waals surface area (Å²) in [6.45, 7) is 6.31. The number of carboxylic acid groups (broad SMARTS) is 1. The minimum atomic E-state index is -0.931. The Hall–Kier alpha value is -2.66. The Balaban J connectivity index is 1.72. The van der Waals surface area contributed by atoms with Crippen molar-refractivity contribution in [3.63, 3.8) is 0 Å². The van der Waals surface area contributed by atoms with Crippen LogP contribution in [0.4, 0.5) is 0 Å². The average Bonchev–Trinajstić information content (AvgIpc) is 2.95. The minimum absolute atomic E-state index is 0.289. The monoisotopic (exact) mass is 353 g/mol. The van der Waals surface area contributed by atoms with Crippen LogP contribution in [-0.2, 0) is 6.61 Å². The molecule has 4 nitrogen and oxygen atoms in total. The summed E-state index contributed by atoms with van der Waals surface area (Å²) in [6.07, 6.45) is 0. The van der Waals surface area contributed by atoms with E-state index in [0.717, 1.165) is 21.9 Å². The minimum Gasteiger partial charge on any atom is -0.489 e. The van der Waals surface area contributed by atoms with Crippen molar-refractivity contribution in [2.45, 2.75) is 27.4 Å². The number of aromatic carboxylic acids is 1. The lowest BCUT2D eigenvalue weighted by atomic mass is 10.1. The fraction of sp³-hybridized carbons (Fsp3) is 0.200. The summed E-state index contributed by atoms with van der Waals surface area (Å²) in [7, 11) is 0. The molecular weight excluding hydrogens is 334 g/mol. The molecule has 0 unspecified atom stereocenters. The van der Waals surface area contributed by atoms with Crippen LogP contribution in [0.3, 0.4) is 0 Å². The number of hydrogen-bond donors (Lipinski definition) is 1. The number of hydrogen-bond acceptors (Lipinski definition) is 4. The summed E-state index contributed by atoms with van der Waals surface area (Å²) >= 11 is 1.20. The second-order valence-corrected chi connectivity index (χ2v) is 7.05. The van der Waals surface area contributed by atoms with Crippen LogP contribution in [0, 0.1) is 20.8 Å². The van der Waals surface area contributed by atoms with Crippen molar-refractivity contribution in [2.24, 2.45) is 0 Å². The molecule has 3 aromatic rings. The van der Waals surface area contributed by atoms with Gasteiger partial charge in [-0.1, -0.05) is 30.3 Å². The van der Waals surface area contributed by atoms with E-state index < -0.39 is 5.97 Å². The third kappa shape index (κ3) is 4.06. The molecule has 1 heterocycles. The fourth-order valence-electron chi connectivity index (χ4n) is 2.64. The average molecular weight is 353 g/mol. The number of aromatic nitrogens is 1. The van der Waals surface area contributed by atoms with E-state index in [1.807, 2.05) is 36.4 Å². The Bertz CT molecular complexity index is 893. The van der Waals surface area contributed by atoms with Crippen LogP contribution in [0.2, 0.25) is 0 Å². The maximum atomic E-state index is 11.1. The number of carboxylic acids is 1. The highest BCUT2D eigenvalue weighted by Gasteiger charge is 2.14. The van der Waals surface area contributed by atoms with E-state index in [9.17, 15) is 4.79 Å². The highest BCUT2D eigenvalue weighted by atomic mass is 32.1. The largest absolute Gasteiger partial charge is 0.489 e. The third-order valence-electron chi connectivity index (χ3n) is 3.79. The van der Waals surface area contributed by atoms with E-state index >= 15 is 0 Å². The van der Waals surface area contributed by atoms with Gasteiger partial charge in [-0.3, -0.25) is 0 Å². The normalized spacial score (nSPS) is 10.7. The van der Waals surface area contributed by atoms with Gasteiger partial charge in [-0.25, -0.2) is 9.78 Å². The smallest absolute Gasteiger partial charge is 0.347 e. The van der Waals surface area contributed by atoms with E-state index in [1.54, 1.807) is 6.92 Å². The van der Waals surface area contributed by atoms with Crippen LogP contribution in [0.25, 0.3) is 10.6 Å². The standard InChI is InChI=1S/C20H19NO3S/c1-12-8-13(2)10-17(9-12)24-11-15-4-6-16(7-5-15)19-21-14(3)18(25-19)20(22)23/h4-10H,11H2,1-3H3,(H,22,23). The molecule has 3 rings (SSSR count). The van der Waals surface area contributed by atoms with Crippen LogP contribution in [0.5, 0.6) is 5.75 Å². The predicted molar refractivity (Wildman–Crippen MR) is 99.5 cm³/mol. The summed E-state index contributed by atoms with van der Waals surface area (Å²) in [5.74, 6) is -0.0667. The quantitative estimate of drug-likeness (QED) is 0.700. The van der Waals surface area contributed by atoms with Crippen molar-refractivity contribution in [3.8, 4) is 16.3 Å². The SMILES string of the molecule is Cc1cc(C)cc(OCc2ccc(-c3nc(C)c(C(=O)O)s3)cc2)c1. The van der Waals surface area contributed by atoms with Crippen molar-refractivity contribution >= 4 is 17.3 Å². The second kappa shape index (κ2) is 7.07. The molecule has 0 spiro atoms. The number of benzene rings is 2. The molecule has 2 aromatic carbocycles. The van der Waals surface area contributed by atoms with Gasteiger partial charge < -0.3 is 9.84 Å². The van der Waals surface area contributed by atoms with Gasteiger partial charge >= 0.3 is 5.97 Å². The molecule has 0 amide bonds. The van der Waals surface area contributed by atoms with Crippen molar-refractivity contribution in [3.05, 3.63) is 69.7 Å². The molecule has 0 saturated heterocycles. The molecule has 0 saturated carbocycles. The Morgan fingerprint density at radius 1 is 1.08 bits per heavy atom. The highest BCUT2D eigenvalue weighted by Crippen LogP contribution is 2.28. The molecule has 0 aliphatic rings. The lowest BCUT2D eigenvalue weighted by Gasteiger charge is -2.08. The molecule has 0 fully saturated rings. The number of rotatable bonds is 5. The molecule has 0 bridgehead atoms. The summed E-state index contributed by atoms with van der Waals surface area (Å²) in [6, 6.07) is 14.0. The van der Waals surface area contributed by atoms with Crippen LogP contribution in [0.15, 0.2) is 42.5 Å². The van der Waals surface area contributed by atoms with Crippen molar-refractivity contribution < 1.29 is 14.6 Å². The molecule has 0 radical (unpaired) electrons. The summed E-state index contributed by atoms with van der Waals surface area (Å²) in [4.78, 5) is 15.8. The van der Waals surface area contributed by atoms with Gasteiger partial charge in [0.2, 0.25) is 0 Å². The molecule has 1 N–H and O–H groups in total.